The van der Waals surface area contributed by atoms with Gasteiger partial charge in [0.1, 0.15) is 17.5 Å². The Morgan fingerprint density at radius 1 is 1.25 bits per heavy atom. The van der Waals surface area contributed by atoms with Crippen LogP contribution < -0.4 is 10.2 Å². The van der Waals surface area contributed by atoms with Crippen LogP contribution in [0.4, 0.5) is 11.6 Å². The summed E-state index contributed by atoms with van der Waals surface area (Å²) in [4.78, 5) is 11.3. The maximum atomic E-state index is 9.35. The van der Waals surface area contributed by atoms with E-state index in [9.17, 15) is 5.11 Å². The van der Waals surface area contributed by atoms with E-state index >= 15 is 0 Å². The number of aliphatic hydroxyl groups is 1. The summed E-state index contributed by atoms with van der Waals surface area (Å²) in [5, 5.41) is 12.7. The van der Waals surface area contributed by atoms with Crippen LogP contribution in [0.2, 0.25) is 0 Å². The molecule has 0 saturated carbocycles. The highest BCUT2D eigenvalue weighted by atomic mass is 16.3. The number of hydrogen-bond donors (Lipinski definition) is 2. The van der Waals surface area contributed by atoms with Crippen LogP contribution >= 0.6 is 0 Å². The van der Waals surface area contributed by atoms with Crippen molar-refractivity contribution in [3.05, 3.63) is 11.4 Å². The van der Waals surface area contributed by atoms with Gasteiger partial charge in [-0.15, -0.1) is 0 Å². The van der Waals surface area contributed by atoms with Crippen molar-refractivity contribution >= 4 is 11.6 Å². The SMILES string of the molecule is CCCNc1nc(C(C)C)nc(N(C)C(C)CO)c1C. The monoisotopic (exact) mass is 280 g/mol. The molecule has 5 heteroatoms. The number of hydrogen-bond acceptors (Lipinski definition) is 5. The summed E-state index contributed by atoms with van der Waals surface area (Å²) in [6.07, 6.45) is 1.05. The third-order valence-corrected chi connectivity index (χ3v) is 3.46. The molecule has 0 aliphatic heterocycles. The van der Waals surface area contributed by atoms with Crippen LogP contribution in [0.1, 0.15) is 51.4 Å². The van der Waals surface area contributed by atoms with Gasteiger partial charge in [-0.05, 0) is 20.3 Å². The van der Waals surface area contributed by atoms with E-state index < -0.39 is 0 Å². The highest BCUT2D eigenvalue weighted by Crippen LogP contribution is 2.26. The molecule has 1 rings (SSSR count). The first-order valence-corrected chi connectivity index (χ1v) is 7.38. The third kappa shape index (κ3) is 3.82. The topological polar surface area (TPSA) is 61.3 Å². The molecule has 1 unspecified atom stereocenters. The van der Waals surface area contributed by atoms with Gasteiger partial charge in [0, 0.05) is 25.1 Å². The molecule has 0 fully saturated rings. The number of nitrogens with zero attached hydrogens (tertiary/aromatic N) is 3. The lowest BCUT2D eigenvalue weighted by Crippen LogP contribution is -2.33. The Bertz CT molecular complexity index is 434. The Morgan fingerprint density at radius 3 is 2.40 bits per heavy atom. The minimum atomic E-state index is 0.0302. The fourth-order valence-electron chi connectivity index (χ4n) is 1.87. The van der Waals surface area contributed by atoms with Gasteiger partial charge < -0.3 is 15.3 Å². The molecular weight excluding hydrogens is 252 g/mol. The predicted molar refractivity (Wildman–Crippen MR) is 84.6 cm³/mol. The maximum Gasteiger partial charge on any atom is 0.137 e. The Balaban J connectivity index is 3.23. The van der Waals surface area contributed by atoms with Crippen molar-refractivity contribution in [1.82, 2.24) is 9.97 Å². The molecule has 1 aromatic heterocycles. The van der Waals surface area contributed by atoms with Gasteiger partial charge in [-0.25, -0.2) is 9.97 Å². The van der Waals surface area contributed by atoms with Crippen molar-refractivity contribution in [1.29, 1.82) is 0 Å². The first-order valence-electron chi connectivity index (χ1n) is 7.38. The normalized spacial score (nSPS) is 12.6. The van der Waals surface area contributed by atoms with Gasteiger partial charge in [0.25, 0.3) is 0 Å². The number of anilines is 2. The second-order valence-corrected chi connectivity index (χ2v) is 5.60. The van der Waals surface area contributed by atoms with E-state index in [1.807, 2.05) is 25.8 Å². The fraction of sp³-hybridized carbons (Fsp3) is 0.733. The molecule has 1 heterocycles. The summed E-state index contributed by atoms with van der Waals surface area (Å²) >= 11 is 0. The van der Waals surface area contributed by atoms with Gasteiger partial charge in [0.2, 0.25) is 0 Å². The van der Waals surface area contributed by atoms with Gasteiger partial charge in [0.05, 0.1) is 12.6 Å². The van der Waals surface area contributed by atoms with Crippen LogP contribution in [-0.2, 0) is 0 Å². The molecular formula is C15H28N4O. The third-order valence-electron chi connectivity index (χ3n) is 3.46. The van der Waals surface area contributed by atoms with Crippen molar-refractivity contribution in [3.8, 4) is 0 Å². The van der Waals surface area contributed by atoms with Crippen LogP contribution in [-0.4, -0.2) is 41.3 Å². The lowest BCUT2D eigenvalue weighted by Gasteiger charge is -2.27. The van der Waals surface area contributed by atoms with Crippen LogP contribution in [0.5, 0.6) is 0 Å². The average Bonchev–Trinajstić information content (AvgIpc) is 2.44. The van der Waals surface area contributed by atoms with Crippen molar-refractivity contribution in [2.24, 2.45) is 0 Å². The highest BCUT2D eigenvalue weighted by molar-refractivity contribution is 5.59. The zero-order valence-electron chi connectivity index (χ0n) is 13.6. The second kappa shape index (κ2) is 7.43. The summed E-state index contributed by atoms with van der Waals surface area (Å²) in [7, 11) is 1.96. The van der Waals surface area contributed by atoms with E-state index in [2.05, 4.69) is 36.1 Å². The van der Waals surface area contributed by atoms with E-state index in [0.29, 0.717) is 0 Å². The summed E-state index contributed by atoms with van der Waals surface area (Å²) in [6, 6.07) is 0.0302. The Hall–Kier alpha value is -1.36. The summed E-state index contributed by atoms with van der Waals surface area (Å²) in [5.74, 6) is 2.90. The molecule has 0 aliphatic rings. The first kappa shape index (κ1) is 16.7. The molecule has 0 aromatic carbocycles. The van der Waals surface area contributed by atoms with Crippen molar-refractivity contribution in [2.75, 3.05) is 30.4 Å². The highest BCUT2D eigenvalue weighted by Gasteiger charge is 2.18. The number of rotatable bonds is 7. The Labute approximate surface area is 122 Å². The Kier molecular flexibility index (Phi) is 6.20. The quantitative estimate of drug-likeness (QED) is 0.803. The molecule has 0 saturated heterocycles. The molecule has 0 aliphatic carbocycles. The van der Waals surface area contributed by atoms with Gasteiger partial charge in [-0.3, -0.25) is 0 Å². The van der Waals surface area contributed by atoms with E-state index in [4.69, 9.17) is 0 Å². The van der Waals surface area contributed by atoms with Gasteiger partial charge in [-0.1, -0.05) is 20.8 Å². The number of likely N-dealkylation sites (N-methyl/N-ethyl adjacent to an activating group) is 1. The average molecular weight is 280 g/mol. The smallest absolute Gasteiger partial charge is 0.137 e. The van der Waals surface area contributed by atoms with Gasteiger partial charge >= 0.3 is 0 Å². The van der Waals surface area contributed by atoms with E-state index in [0.717, 1.165) is 36.0 Å². The molecule has 0 spiro atoms. The molecule has 1 atom stereocenters. The minimum absolute atomic E-state index is 0.0302. The maximum absolute atomic E-state index is 9.35. The second-order valence-electron chi connectivity index (χ2n) is 5.60. The van der Waals surface area contributed by atoms with Crippen LogP contribution in [0, 0.1) is 6.92 Å². The minimum Gasteiger partial charge on any atom is -0.394 e. The van der Waals surface area contributed by atoms with Crippen molar-refractivity contribution in [3.63, 3.8) is 0 Å². The van der Waals surface area contributed by atoms with E-state index in [-0.39, 0.29) is 18.6 Å². The summed E-state index contributed by atoms with van der Waals surface area (Å²) < 4.78 is 0. The van der Waals surface area contributed by atoms with Gasteiger partial charge in [0.15, 0.2) is 0 Å². The van der Waals surface area contributed by atoms with Crippen LogP contribution in [0.3, 0.4) is 0 Å². The molecule has 20 heavy (non-hydrogen) atoms. The Morgan fingerprint density at radius 2 is 1.90 bits per heavy atom. The van der Waals surface area contributed by atoms with Crippen LogP contribution in [0.25, 0.3) is 0 Å². The first-order chi connectivity index (χ1) is 9.42. The van der Waals surface area contributed by atoms with Gasteiger partial charge in [-0.2, -0.15) is 0 Å². The molecule has 114 valence electrons. The summed E-state index contributed by atoms with van der Waals surface area (Å²) in [6.45, 7) is 11.3. The van der Waals surface area contributed by atoms with Crippen molar-refractivity contribution in [2.45, 2.75) is 53.0 Å². The predicted octanol–water partition coefficient (Wildman–Crippen LogP) is 2.55. The molecule has 5 nitrogen and oxygen atoms in total. The largest absolute Gasteiger partial charge is 0.394 e. The molecule has 0 radical (unpaired) electrons. The number of aromatic nitrogens is 2. The van der Waals surface area contributed by atoms with E-state index in [1.54, 1.807) is 0 Å². The van der Waals surface area contributed by atoms with Crippen LogP contribution in [0.15, 0.2) is 0 Å². The molecule has 2 N–H and O–H groups in total. The van der Waals surface area contributed by atoms with E-state index in [1.165, 1.54) is 0 Å². The number of nitrogens with one attached hydrogen (secondary N) is 1. The lowest BCUT2D eigenvalue weighted by molar-refractivity contribution is 0.269. The molecule has 0 amide bonds. The lowest BCUT2D eigenvalue weighted by atomic mass is 10.2. The zero-order chi connectivity index (χ0) is 15.3. The zero-order valence-corrected chi connectivity index (χ0v) is 13.6. The summed E-state index contributed by atoms with van der Waals surface area (Å²) in [5.41, 5.74) is 1.03. The van der Waals surface area contributed by atoms with Crippen molar-refractivity contribution < 1.29 is 5.11 Å². The molecule has 0 bridgehead atoms. The standard InChI is InChI=1S/C15H28N4O/c1-7-8-16-14-12(5)15(19(6)11(4)9-20)18-13(17-14)10(2)3/h10-11,20H,7-9H2,1-6H3,(H,16,17,18). The fourth-order valence-corrected chi connectivity index (χ4v) is 1.87. The molecule has 1 aromatic rings. The number of aliphatic hydroxyl groups excluding tert-OH is 1.